The van der Waals surface area contributed by atoms with Crippen molar-refractivity contribution in [3.05, 3.63) is 42.9 Å². The van der Waals surface area contributed by atoms with Crippen LogP contribution in [-0.4, -0.2) is 44.3 Å². The van der Waals surface area contributed by atoms with E-state index in [4.69, 9.17) is 0 Å². The van der Waals surface area contributed by atoms with Gasteiger partial charge >= 0.3 is 0 Å². The number of rotatable bonds is 4. The van der Waals surface area contributed by atoms with Crippen LogP contribution in [0.5, 0.6) is 0 Å². The normalized spacial score (nSPS) is 20.5. The van der Waals surface area contributed by atoms with Gasteiger partial charge in [-0.2, -0.15) is 9.40 Å². The highest BCUT2D eigenvalue weighted by Gasteiger charge is 2.48. The fourth-order valence-corrected chi connectivity index (χ4v) is 6.25. The summed E-state index contributed by atoms with van der Waals surface area (Å²) in [6.07, 6.45) is 6.68. The molecule has 1 aliphatic heterocycles. The fraction of sp³-hybridized carbons (Fsp3) is 0.500. The Morgan fingerprint density at radius 1 is 1.21 bits per heavy atom. The first-order valence-electron chi connectivity index (χ1n) is 10.1. The van der Waals surface area contributed by atoms with Gasteiger partial charge in [-0.1, -0.05) is 6.07 Å². The molecule has 1 unspecified atom stereocenters. The lowest BCUT2D eigenvalue weighted by Gasteiger charge is -2.35. The van der Waals surface area contributed by atoms with Crippen molar-refractivity contribution < 1.29 is 8.42 Å². The van der Waals surface area contributed by atoms with Crippen molar-refractivity contribution in [2.45, 2.75) is 57.9 Å². The molecule has 156 valence electrons. The lowest BCUT2D eigenvalue weighted by molar-refractivity contribution is 0.284. The Morgan fingerprint density at radius 2 is 1.97 bits per heavy atom. The summed E-state index contributed by atoms with van der Waals surface area (Å²) < 4.78 is 29.4. The van der Waals surface area contributed by atoms with Gasteiger partial charge in [0.2, 0.25) is 10.0 Å². The molecule has 6 nitrogen and oxygen atoms in total. The summed E-state index contributed by atoms with van der Waals surface area (Å²) in [6, 6.07) is 8.55. The van der Waals surface area contributed by atoms with Crippen molar-refractivity contribution in [1.82, 2.24) is 19.1 Å². The third kappa shape index (κ3) is 3.51. The van der Waals surface area contributed by atoms with E-state index >= 15 is 0 Å². The Morgan fingerprint density at radius 3 is 2.62 bits per heavy atom. The van der Waals surface area contributed by atoms with Crippen LogP contribution in [-0.2, 0) is 16.6 Å². The molecule has 1 aromatic carbocycles. The predicted molar refractivity (Wildman–Crippen MR) is 117 cm³/mol. The molecule has 0 radical (unpaired) electrons. The number of hydrogen-bond acceptors (Lipinski definition) is 3. The van der Waals surface area contributed by atoms with E-state index in [1.165, 1.54) is 10.9 Å². The van der Waals surface area contributed by atoms with Crippen LogP contribution in [0, 0.1) is 5.92 Å². The van der Waals surface area contributed by atoms with Crippen LogP contribution in [0.15, 0.2) is 42.9 Å². The van der Waals surface area contributed by atoms with E-state index in [-0.39, 0.29) is 11.5 Å². The average molecular weight is 415 g/mol. The van der Waals surface area contributed by atoms with Gasteiger partial charge in [-0.15, -0.1) is 0 Å². The van der Waals surface area contributed by atoms with Crippen LogP contribution in [0.3, 0.4) is 0 Å². The molecule has 2 aromatic heterocycles. The molecule has 1 saturated heterocycles. The lowest BCUT2D eigenvalue weighted by atomic mass is 9.97. The maximum atomic E-state index is 13.1. The van der Waals surface area contributed by atoms with Crippen LogP contribution < -0.4 is 0 Å². The maximum Gasteiger partial charge on any atom is 0.219 e. The number of nitrogens with zero attached hydrogens (tertiary/aromatic N) is 3. The summed E-state index contributed by atoms with van der Waals surface area (Å²) in [5.74, 6) is 0.284. The van der Waals surface area contributed by atoms with Crippen molar-refractivity contribution in [1.29, 1.82) is 0 Å². The van der Waals surface area contributed by atoms with Crippen LogP contribution >= 0.6 is 0 Å². The molecule has 1 fully saturated rings. The van der Waals surface area contributed by atoms with Crippen molar-refractivity contribution in [3.8, 4) is 11.1 Å². The second-order valence-corrected chi connectivity index (χ2v) is 12.4. The van der Waals surface area contributed by atoms with Gasteiger partial charge in [0.1, 0.15) is 0 Å². The van der Waals surface area contributed by atoms with Gasteiger partial charge in [0.25, 0.3) is 0 Å². The third-order valence-corrected chi connectivity index (χ3v) is 8.78. The monoisotopic (exact) mass is 414 g/mol. The average Bonchev–Trinajstić information content (AvgIpc) is 3.33. The topological polar surface area (TPSA) is 71.0 Å². The van der Waals surface area contributed by atoms with E-state index in [1.54, 1.807) is 25.1 Å². The van der Waals surface area contributed by atoms with E-state index in [2.05, 4.69) is 45.2 Å². The molecule has 0 bridgehead atoms. The molecule has 1 aliphatic rings. The van der Waals surface area contributed by atoms with Crippen molar-refractivity contribution in [2.75, 3.05) is 6.54 Å². The summed E-state index contributed by atoms with van der Waals surface area (Å²) in [7, 11) is -3.35. The van der Waals surface area contributed by atoms with Gasteiger partial charge in [0, 0.05) is 47.5 Å². The smallest absolute Gasteiger partial charge is 0.219 e. The zero-order valence-corrected chi connectivity index (χ0v) is 18.6. The van der Waals surface area contributed by atoms with E-state index in [0.717, 1.165) is 24.1 Å². The summed E-state index contributed by atoms with van der Waals surface area (Å²) in [4.78, 5) is 0. The summed E-state index contributed by atoms with van der Waals surface area (Å²) in [5, 5.41) is 8.06. The Bertz CT molecular complexity index is 1120. The van der Waals surface area contributed by atoms with Gasteiger partial charge in [0.15, 0.2) is 0 Å². The number of hydrogen-bond donors (Lipinski definition) is 1. The Hall–Kier alpha value is -2.12. The molecule has 3 heterocycles. The Kier molecular flexibility index (Phi) is 4.66. The highest BCUT2D eigenvalue weighted by Crippen LogP contribution is 2.39. The van der Waals surface area contributed by atoms with E-state index in [1.807, 2.05) is 26.2 Å². The molecule has 0 spiro atoms. The maximum absolute atomic E-state index is 13.1. The van der Waals surface area contributed by atoms with E-state index in [9.17, 15) is 8.42 Å². The second kappa shape index (κ2) is 6.71. The number of aromatic nitrogens is 3. The van der Waals surface area contributed by atoms with Crippen LogP contribution in [0.25, 0.3) is 22.0 Å². The highest BCUT2D eigenvalue weighted by atomic mass is 32.2. The summed E-state index contributed by atoms with van der Waals surface area (Å²) in [5.41, 5.74) is 3.01. The van der Waals surface area contributed by atoms with Gasteiger partial charge in [0.05, 0.1) is 10.9 Å². The van der Waals surface area contributed by atoms with Crippen LogP contribution in [0.1, 0.15) is 41.0 Å². The minimum atomic E-state index is -3.35. The molecule has 3 aromatic rings. The minimum Gasteiger partial charge on any atom is -0.347 e. The SMILES string of the molecule is CC1(C)CC(Cn2ccc3cc(-c4cn[nH]c4)ccc32)CN1S(=O)(=O)C(C)(C)C. The Balaban J connectivity index is 1.58. The molecule has 7 heteroatoms. The fourth-order valence-electron chi connectivity index (χ4n) is 4.46. The number of fused-ring (bicyclic) bond motifs is 1. The van der Waals surface area contributed by atoms with Crippen molar-refractivity contribution in [3.63, 3.8) is 0 Å². The zero-order chi connectivity index (χ0) is 21.0. The highest BCUT2D eigenvalue weighted by molar-refractivity contribution is 7.90. The third-order valence-electron chi connectivity index (χ3n) is 6.01. The number of nitrogens with one attached hydrogen (secondary N) is 1. The Labute approximate surface area is 173 Å². The summed E-state index contributed by atoms with van der Waals surface area (Å²) >= 11 is 0. The molecular weight excluding hydrogens is 384 g/mol. The quantitative estimate of drug-likeness (QED) is 0.693. The minimum absolute atomic E-state index is 0.284. The molecule has 0 saturated carbocycles. The molecule has 1 N–H and O–H groups in total. The first-order valence-corrected chi connectivity index (χ1v) is 11.5. The second-order valence-electron chi connectivity index (χ2n) is 9.76. The van der Waals surface area contributed by atoms with Gasteiger partial charge in [-0.3, -0.25) is 5.10 Å². The van der Waals surface area contributed by atoms with Crippen molar-refractivity contribution in [2.24, 2.45) is 5.92 Å². The van der Waals surface area contributed by atoms with Gasteiger partial charge < -0.3 is 4.57 Å². The lowest BCUT2D eigenvalue weighted by Crippen LogP contribution is -2.49. The summed E-state index contributed by atoms with van der Waals surface area (Å²) in [6.45, 7) is 10.8. The molecule has 4 rings (SSSR count). The molecular formula is C22H30N4O2S. The van der Waals surface area contributed by atoms with Gasteiger partial charge in [-0.05, 0) is 70.7 Å². The number of sulfonamides is 1. The molecule has 0 aliphatic carbocycles. The molecule has 0 amide bonds. The van der Waals surface area contributed by atoms with Crippen molar-refractivity contribution >= 4 is 20.9 Å². The number of aromatic amines is 1. The molecule has 29 heavy (non-hydrogen) atoms. The first-order chi connectivity index (χ1) is 13.5. The van der Waals surface area contributed by atoms with Crippen LogP contribution in [0.2, 0.25) is 0 Å². The van der Waals surface area contributed by atoms with E-state index < -0.39 is 14.8 Å². The molecule has 1 atom stereocenters. The van der Waals surface area contributed by atoms with Gasteiger partial charge in [-0.25, -0.2) is 8.42 Å². The largest absolute Gasteiger partial charge is 0.347 e. The predicted octanol–water partition coefficient (Wildman–Crippen LogP) is 4.26. The van der Waals surface area contributed by atoms with E-state index in [0.29, 0.717) is 6.54 Å². The first kappa shape index (κ1) is 20.2. The standard InChI is InChI=1S/C22H30N4O2S/c1-21(2,3)29(27,28)26-15-16(11-22(26,4)5)14-25-9-8-18-10-17(6-7-20(18)25)19-12-23-24-13-19/h6-10,12-13,16H,11,14-15H2,1-5H3,(H,23,24). The number of H-pyrrole nitrogens is 1. The number of benzene rings is 1. The van der Waals surface area contributed by atoms with Crippen LogP contribution in [0.4, 0.5) is 0 Å². The zero-order valence-electron chi connectivity index (χ0n) is 17.8.